The minimum atomic E-state index is -4.59. The van der Waals surface area contributed by atoms with Gasteiger partial charge in [0.25, 0.3) is 0 Å². The minimum absolute atomic E-state index is 0.114. The number of alkyl halides is 5. The fourth-order valence-electron chi connectivity index (χ4n) is 2.47. The average molecular weight is 269 g/mol. The Morgan fingerprint density at radius 2 is 1.94 bits per heavy atom. The van der Waals surface area contributed by atoms with Crippen LogP contribution in [0.2, 0.25) is 0 Å². The van der Waals surface area contributed by atoms with Gasteiger partial charge in [-0.15, -0.1) is 0 Å². The van der Waals surface area contributed by atoms with Gasteiger partial charge in [-0.25, -0.2) is 8.78 Å². The third-order valence-electron chi connectivity index (χ3n) is 3.30. The molecule has 1 aromatic rings. The first-order valence-corrected chi connectivity index (χ1v) is 5.29. The van der Waals surface area contributed by atoms with Gasteiger partial charge in [0.15, 0.2) is 5.69 Å². The average Bonchev–Trinajstić information content (AvgIpc) is 2.55. The first-order valence-electron chi connectivity index (χ1n) is 5.29. The molecule has 1 heterocycles. The standard InChI is InChI=1S/C10H12F5N3/c1-18-7(2-6(17-18)10(13,14)15)8(5-16)3-9(11,12)4-8/h2H,3-5,16H2,1H3. The van der Waals surface area contributed by atoms with Crippen LogP contribution in [0.15, 0.2) is 6.07 Å². The topological polar surface area (TPSA) is 43.8 Å². The first kappa shape index (κ1) is 13.3. The van der Waals surface area contributed by atoms with Crippen molar-refractivity contribution in [3.63, 3.8) is 0 Å². The molecule has 1 aliphatic rings. The Kier molecular flexibility index (Phi) is 2.69. The molecule has 3 nitrogen and oxygen atoms in total. The van der Waals surface area contributed by atoms with Crippen LogP contribution >= 0.6 is 0 Å². The van der Waals surface area contributed by atoms with Gasteiger partial charge in [0.05, 0.1) is 0 Å². The number of nitrogens with zero attached hydrogens (tertiary/aromatic N) is 2. The maximum atomic E-state index is 13.0. The van der Waals surface area contributed by atoms with Gasteiger partial charge in [-0.1, -0.05) is 0 Å². The molecular weight excluding hydrogens is 257 g/mol. The molecule has 0 atom stereocenters. The Balaban J connectivity index is 2.37. The summed E-state index contributed by atoms with van der Waals surface area (Å²) in [5.74, 6) is -2.86. The molecule has 0 bridgehead atoms. The number of halogens is 5. The van der Waals surface area contributed by atoms with Crippen molar-refractivity contribution in [2.75, 3.05) is 6.54 Å². The highest BCUT2D eigenvalue weighted by atomic mass is 19.4. The van der Waals surface area contributed by atoms with Gasteiger partial charge in [-0.05, 0) is 6.07 Å². The smallest absolute Gasteiger partial charge is 0.330 e. The van der Waals surface area contributed by atoms with E-state index in [-0.39, 0.29) is 12.2 Å². The van der Waals surface area contributed by atoms with E-state index in [9.17, 15) is 22.0 Å². The molecule has 0 amide bonds. The summed E-state index contributed by atoms with van der Waals surface area (Å²) in [7, 11) is 1.30. The summed E-state index contributed by atoms with van der Waals surface area (Å²) in [6.07, 6.45) is -5.65. The molecule has 2 N–H and O–H groups in total. The molecule has 1 saturated carbocycles. The summed E-state index contributed by atoms with van der Waals surface area (Å²) >= 11 is 0. The second kappa shape index (κ2) is 3.66. The predicted molar refractivity (Wildman–Crippen MR) is 53.1 cm³/mol. The highest BCUT2D eigenvalue weighted by Crippen LogP contribution is 2.53. The summed E-state index contributed by atoms with van der Waals surface area (Å²) in [5.41, 5.74) is 3.38. The van der Waals surface area contributed by atoms with Gasteiger partial charge in [0.2, 0.25) is 5.92 Å². The molecular formula is C10H12F5N3. The highest BCUT2D eigenvalue weighted by molar-refractivity contribution is 5.28. The van der Waals surface area contributed by atoms with Crippen molar-refractivity contribution in [3.8, 4) is 0 Å². The van der Waals surface area contributed by atoms with E-state index < -0.39 is 36.0 Å². The molecule has 0 aliphatic heterocycles. The van der Waals surface area contributed by atoms with E-state index in [1.165, 1.54) is 7.05 Å². The summed E-state index contributed by atoms with van der Waals surface area (Å²) in [4.78, 5) is 0. The van der Waals surface area contributed by atoms with Crippen molar-refractivity contribution in [3.05, 3.63) is 17.5 Å². The molecule has 8 heteroatoms. The molecule has 0 radical (unpaired) electrons. The van der Waals surface area contributed by atoms with E-state index in [0.29, 0.717) is 0 Å². The maximum Gasteiger partial charge on any atom is 0.435 e. The second-order valence-electron chi connectivity index (χ2n) is 4.73. The van der Waals surface area contributed by atoms with Crippen LogP contribution in [0.4, 0.5) is 22.0 Å². The van der Waals surface area contributed by atoms with Crippen LogP contribution in [-0.2, 0) is 18.6 Å². The Labute approximate surface area is 99.8 Å². The number of rotatable bonds is 2. The highest BCUT2D eigenvalue weighted by Gasteiger charge is 2.58. The zero-order valence-corrected chi connectivity index (χ0v) is 9.56. The van der Waals surface area contributed by atoms with E-state index >= 15 is 0 Å². The predicted octanol–water partition coefficient (Wildman–Crippen LogP) is 2.06. The third-order valence-corrected chi connectivity index (χ3v) is 3.30. The van der Waals surface area contributed by atoms with E-state index in [2.05, 4.69) is 5.10 Å². The zero-order valence-electron chi connectivity index (χ0n) is 9.56. The lowest BCUT2D eigenvalue weighted by atomic mass is 9.64. The van der Waals surface area contributed by atoms with Gasteiger partial charge in [0, 0.05) is 37.5 Å². The molecule has 0 aromatic carbocycles. The number of nitrogens with two attached hydrogens (primary N) is 1. The molecule has 0 spiro atoms. The fourth-order valence-corrected chi connectivity index (χ4v) is 2.47. The summed E-state index contributed by atoms with van der Waals surface area (Å²) < 4.78 is 64.4. The van der Waals surface area contributed by atoms with E-state index in [1.54, 1.807) is 0 Å². The van der Waals surface area contributed by atoms with Crippen molar-refractivity contribution in [2.45, 2.75) is 30.4 Å². The maximum absolute atomic E-state index is 13.0. The van der Waals surface area contributed by atoms with Gasteiger partial charge in [-0.2, -0.15) is 18.3 Å². The van der Waals surface area contributed by atoms with Crippen LogP contribution in [0.3, 0.4) is 0 Å². The molecule has 2 rings (SSSR count). The van der Waals surface area contributed by atoms with Crippen molar-refractivity contribution in [1.29, 1.82) is 0 Å². The van der Waals surface area contributed by atoms with Crippen molar-refractivity contribution >= 4 is 0 Å². The summed E-state index contributed by atoms with van der Waals surface area (Å²) in [5, 5.41) is 3.32. The molecule has 1 aromatic heterocycles. The third kappa shape index (κ3) is 1.98. The van der Waals surface area contributed by atoms with Crippen molar-refractivity contribution in [1.82, 2.24) is 9.78 Å². The van der Waals surface area contributed by atoms with Gasteiger partial charge >= 0.3 is 6.18 Å². The van der Waals surface area contributed by atoms with Crippen LogP contribution in [0.25, 0.3) is 0 Å². The Bertz CT molecular complexity index is 455. The molecule has 18 heavy (non-hydrogen) atoms. The Morgan fingerprint density at radius 3 is 2.28 bits per heavy atom. The summed E-state index contributed by atoms with van der Waals surface area (Å²) in [6.45, 7) is -0.126. The van der Waals surface area contributed by atoms with Gasteiger partial charge < -0.3 is 5.73 Å². The van der Waals surface area contributed by atoms with Crippen LogP contribution < -0.4 is 5.73 Å². The SMILES string of the molecule is Cn1nc(C(F)(F)F)cc1C1(CN)CC(F)(F)C1. The van der Waals surface area contributed by atoms with Gasteiger partial charge in [-0.3, -0.25) is 4.68 Å². The van der Waals surface area contributed by atoms with Gasteiger partial charge in [0.1, 0.15) is 0 Å². The number of hydrogen-bond donors (Lipinski definition) is 1. The normalized spacial score (nSPS) is 21.7. The Morgan fingerprint density at radius 1 is 1.39 bits per heavy atom. The fraction of sp³-hybridized carbons (Fsp3) is 0.700. The number of aryl methyl sites for hydroxylation is 1. The Hall–Kier alpha value is -1.18. The molecule has 102 valence electrons. The van der Waals surface area contributed by atoms with Crippen LogP contribution in [0.5, 0.6) is 0 Å². The van der Waals surface area contributed by atoms with Crippen molar-refractivity contribution in [2.24, 2.45) is 12.8 Å². The lowest BCUT2D eigenvalue weighted by Crippen LogP contribution is -2.54. The lowest BCUT2D eigenvalue weighted by molar-refractivity contribution is -0.141. The van der Waals surface area contributed by atoms with E-state index in [4.69, 9.17) is 5.73 Å². The van der Waals surface area contributed by atoms with E-state index in [0.717, 1.165) is 10.7 Å². The first-order chi connectivity index (χ1) is 8.10. The number of aromatic nitrogens is 2. The zero-order chi connectivity index (χ0) is 13.8. The number of hydrogen-bond acceptors (Lipinski definition) is 2. The second-order valence-corrected chi connectivity index (χ2v) is 4.73. The van der Waals surface area contributed by atoms with Crippen LogP contribution in [0.1, 0.15) is 24.2 Å². The lowest BCUT2D eigenvalue weighted by Gasteiger charge is -2.46. The molecule has 1 fully saturated rings. The molecule has 1 aliphatic carbocycles. The van der Waals surface area contributed by atoms with Crippen LogP contribution in [0, 0.1) is 0 Å². The monoisotopic (exact) mass is 269 g/mol. The largest absolute Gasteiger partial charge is 0.435 e. The van der Waals surface area contributed by atoms with Crippen molar-refractivity contribution < 1.29 is 22.0 Å². The van der Waals surface area contributed by atoms with Crippen LogP contribution in [-0.4, -0.2) is 22.2 Å². The summed E-state index contributed by atoms with van der Waals surface area (Å²) in [6, 6.07) is 0.808. The molecule has 0 saturated heterocycles. The van der Waals surface area contributed by atoms with E-state index in [1.807, 2.05) is 0 Å². The quantitative estimate of drug-likeness (QED) is 0.835. The minimum Gasteiger partial charge on any atom is -0.330 e. The molecule has 0 unspecified atom stereocenters.